The minimum absolute atomic E-state index is 0.0450. The Hall–Kier alpha value is -3.60. The second kappa shape index (κ2) is 8.41. The van der Waals surface area contributed by atoms with Crippen LogP contribution in [0.25, 0.3) is 16.5 Å². The van der Waals surface area contributed by atoms with Gasteiger partial charge in [-0.2, -0.15) is 5.10 Å². The lowest BCUT2D eigenvalue weighted by molar-refractivity contribution is 0.0784. The zero-order valence-corrected chi connectivity index (χ0v) is 17.2. The van der Waals surface area contributed by atoms with Gasteiger partial charge in [0.05, 0.1) is 23.1 Å². The van der Waals surface area contributed by atoms with Crippen LogP contribution in [0.3, 0.4) is 0 Å². The summed E-state index contributed by atoms with van der Waals surface area (Å²) in [4.78, 5) is 15.0. The molecule has 0 radical (unpaired) electrons. The zero-order valence-electron chi connectivity index (χ0n) is 17.2. The molecule has 0 fully saturated rings. The van der Waals surface area contributed by atoms with Crippen LogP contribution in [0.4, 0.5) is 0 Å². The SMILES string of the molecule is CCCc1c(C(=O)N(C)Cc2cccc3cc(O)ccc23)cnn1-c1ccccc1. The molecule has 1 aromatic heterocycles. The average Bonchev–Trinajstić information content (AvgIpc) is 3.17. The predicted molar refractivity (Wildman–Crippen MR) is 119 cm³/mol. The van der Waals surface area contributed by atoms with E-state index in [0.29, 0.717) is 12.1 Å². The van der Waals surface area contributed by atoms with E-state index in [4.69, 9.17) is 0 Å². The molecule has 0 bridgehead atoms. The second-order valence-corrected chi connectivity index (χ2v) is 7.49. The van der Waals surface area contributed by atoms with Crippen LogP contribution in [0.15, 0.2) is 72.9 Å². The molecule has 4 rings (SSSR count). The molecule has 0 atom stereocenters. The van der Waals surface area contributed by atoms with Gasteiger partial charge in [0.2, 0.25) is 0 Å². The number of aromatic nitrogens is 2. The van der Waals surface area contributed by atoms with Gasteiger partial charge in [0, 0.05) is 13.6 Å². The van der Waals surface area contributed by atoms with E-state index in [2.05, 4.69) is 12.0 Å². The molecule has 3 aromatic carbocycles. The fourth-order valence-corrected chi connectivity index (χ4v) is 3.83. The van der Waals surface area contributed by atoms with Crippen molar-refractivity contribution >= 4 is 16.7 Å². The summed E-state index contributed by atoms with van der Waals surface area (Å²) in [7, 11) is 1.82. The van der Waals surface area contributed by atoms with Gasteiger partial charge >= 0.3 is 0 Å². The molecule has 0 spiro atoms. The highest BCUT2D eigenvalue weighted by molar-refractivity contribution is 5.95. The molecule has 0 aliphatic rings. The van der Waals surface area contributed by atoms with Crippen molar-refractivity contribution in [3.63, 3.8) is 0 Å². The van der Waals surface area contributed by atoms with Crippen LogP contribution in [0, 0.1) is 0 Å². The summed E-state index contributed by atoms with van der Waals surface area (Å²) in [5, 5.41) is 16.2. The van der Waals surface area contributed by atoms with E-state index in [-0.39, 0.29) is 11.7 Å². The first kappa shape index (κ1) is 19.7. The topological polar surface area (TPSA) is 58.4 Å². The molecule has 5 heteroatoms. The summed E-state index contributed by atoms with van der Waals surface area (Å²) in [5.41, 5.74) is 3.57. The maximum atomic E-state index is 13.3. The van der Waals surface area contributed by atoms with Gasteiger partial charge in [0.1, 0.15) is 5.75 Å². The van der Waals surface area contributed by atoms with Crippen molar-refractivity contribution in [2.75, 3.05) is 7.05 Å². The van der Waals surface area contributed by atoms with Crippen molar-refractivity contribution in [3.05, 3.63) is 89.7 Å². The molecule has 1 heterocycles. The first-order valence-electron chi connectivity index (χ1n) is 10.2. The van der Waals surface area contributed by atoms with E-state index in [1.807, 2.05) is 66.3 Å². The third kappa shape index (κ3) is 3.79. The van der Waals surface area contributed by atoms with Gasteiger partial charge in [0.25, 0.3) is 5.91 Å². The minimum atomic E-state index is -0.0450. The average molecular weight is 399 g/mol. The molecule has 0 aliphatic heterocycles. The van der Waals surface area contributed by atoms with Crippen LogP contribution in [0.1, 0.15) is 35.0 Å². The molecular weight excluding hydrogens is 374 g/mol. The van der Waals surface area contributed by atoms with Gasteiger partial charge in [-0.25, -0.2) is 4.68 Å². The Balaban J connectivity index is 1.64. The fourth-order valence-electron chi connectivity index (χ4n) is 3.83. The lowest BCUT2D eigenvalue weighted by atomic mass is 10.0. The van der Waals surface area contributed by atoms with Gasteiger partial charge in [-0.05, 0) is 47.0 Å². The molecule has 152 valence electrons. The highest BCUT2D eigenvalue weighted by Gasteiger charge is 2.21. The van der Waals surface area contributed by atoms with Crippen LogP contribution >= 0.6 is 0 Å². The Kier molecular flexibility index (Phi) is 5.53. The second-order valence-electron chi connectivity index (χ2n) is 7.49. The maximum absolute atomic E-state index is 13.3. The number of carbonyl (C=O) groups is 1. The van der Waals surface area contributed by atoms with Crippen LogP contribution < -0.4 is 0 Å². The Morgan fingerprint density at radius 1 is 1.07 bits per heavy atom. The molecule has 1 N–H and O–H groups in total. The smallest absolute Gasteiger partial charge is 0.257 e. The van der Waals surface area contributed by atoms with Gasteiger partial charge in [-0.1, -0.05) is 55.8 Å². The summed E-state index contributed by atoms with van der Waals surface area (Å²) in [6.45, 7) is 2.58. The van der Waals surface area contributed by atoms with E-state index in [0.717, 1.165) is 40.6 Å². The Morgan fingerprint density at radius 2 is 1.87 bits per heavy atom. The Morgan fingerprint density at radius 3 is 2.63 bits per heavy atom. The maximum Gasteiger partial charge on any atom is 0.257 e. The highest BCUT2D eigenvalue weighted by Crippen LogP contribution is 2.25. The molecule has 30 heavy (non-hydrogen) atoms. The van der Waals surface area contributed by atoms with Crippen molar-refractivity contribution in [2.45, 2.75) is 26.3 Å². The molecule has 0 saturated carbocycles. The number of fused-ring (bicyclic) bond motifs is 1. The number of hydrogen-bond donors (Lipinski definition) is 1. The monoisotopic (exact) mass is 399 g/mol. The molecule has 4 aromatic rings. The number of rotatable bonds is 6. The number of benzene rings is 3. The number of para-hydroxylation sites is 1. The van der Waals surface area contributed by atoms with E-state index >= 15 is 0 Å². The van der Waals surface area contributed by atoms with E-state index < -0.39 is 0 Å². The first-order chi connectivity index (χ1) is 14.6. The third-order valence-corrected chi connectivity index (χ3v) is 5.30. The van der Waals surface area contributed by atoms with Crippen molar-refractivity contribution in [1.82, 2.24) is 14.7 Å². The van der Waals surface area contributed by atoms with E-state index in [1.165, 1.54) is 0 Å². The summed E-state index contributed by atoms with van der Waals surface area (Å²) in [6, 6.07) is 21.1. The van der Waals surface area contributed by atoms with Crippen molar-refractivity contribution < 1.29 is 9.90 Å². The van der Waals surface area contributed by atoms with Gasteiger partial charge < -0.3 is 10.0 Å². The lowest BCUT2D eigenvalue weighted by Gasteiger charge is -2.19. The molecule has 1 amide bonds. The van der Waals surface area contributed by atoms with Gasteiger partial charge in [-0.3, -0.25) is 4.79 Å². The standard InChI is InChI=1S/C25H25N3O2/c1-3-8-24-23(16-26-28(24)20-11-5-4-6-12-20)25(30)27(2)17-19-10-7-9-18-15-21(29)13-14-22(18)19/h4-7,9-16,29H,3,8,17H2,1-2H3. The summed E-state index contributed by atoms with van der Waals surface area (Å²) >= 11 is 0. The summed E-state index contributed by atoms with van der Waals surface area (Å²) < 4.78 is 1.87. The number of nitrogens with zero attached hydrogens (tertiary/aromatic N) is 3. The number of phenols is 1. The third-order valence-electron chi connectivity index (χ3n) is 5.30. The number of carbonyl (C=O) groups excluding carboxylic acids is 1. The molecule has 0 unspecified atom stereocenters. The first-order valence-corrected chi connectivity index (χ1v) is 10.2. The molecule has 0 aliphatic carbocycles. The minimum Gasteiger partial charge on any atom is -0.508 e. The van der Waals surface area contributed by atoms with E-state index in [1.54, 1.807) is 23.2 Å². The zero-order chi connectivity index (χ0) is 21.1. The van der Waals surface area contributed by atoms with Crippen molar-refractivity contribution in [1.29, 1.82) is 0 Å². The number of phenolic OH excluding ortho intramolecular Hbond substituents is 1. The predicted octanol–water partition coefficient (Wildman–Crippen LogP) is 4.96. The number of aromatic hydroxyl groups is 1. The largest absolute Gasteiger partial charge is 0.508 e. The Labute approximate surface area is 176 Å². The number of hydrogen-bond acceptors (Lipinski definition) is 3. The fraction of sp³-hybridized carbons (Fsp3) is 0.200. The van der Waals surface area contributed by atoms with Crippen LogP contribution in [0.2, 0.25) is 0 Å². The summed E-state index contributed by atoms with van der Waals surface area (Å²) in [6.07, 6.45) is 3.38. The van der Waals surface area contributed by atoms with Crippen molar-refractivity contribution in [3.8, 4) is 11.4 Å². The van der Waals surface area contributed by atoms with Gasteiger partial charge in [-0.15, -0.1) is 0 Å². The number of amides is 1. The Bertz CT molecular complexity index is 1180. The highest BCUT2D eigenvalue weighted by atomic mass is 16.3. The van der Waals surface area contributed by atoms with E-state index in [9.17, 15) is 9.90 Å². The quantitative estimate of drug-likeness (QED) is 0.499. The van der Waals surface area contributed by atoms with Gasteiger partial charge in [0.15, 0.2) is 0 Å². The molecule has 5 nitrogen and oxygen atoms in total. The molecular formula is C25H25N3O2. The van der Waals surface area contributed by atoms with Crippen LogP contribution in [-0.4, -0.2) is 32.7 Å². The normalized spacial score (nSPS) is 11.0. The summed E-state index contributed by atoms with van der Waals surface area (Å²) in [5.74, 6) is 0.193. The van der Waals surface area contributed by atoms with Crippen LogP contribution in [-0.2, 0) is 13.0 Å². The van der Waals surface area contributed by atoms with Crippen LogP contribution in [0.5, 0.6) is 5.75 Å². The molecule has 0 saturated heterocycles. The van der Waals surface area contributed by atoms with Crippen molar-refractivity contribution in [2.24, 2.45) is 0 Å². The lowest BCUT2D eigenvalue weighted by Crippen LogP contribution is -2.27.